The van der Waals surface area contributed by atoms with E-state index in [-0.39, 0.29) is 18.4 Å². The topological polar surface area (TPSA) is 97.1 Å². The van der Waals surface area contributed by atoms with Crippen molar-refractivity contribution < 1.29 is 9.59 Å². The predicted octanol–water partition coefficient (Wildman–Crippen LogP) is -0.0424. The SMILES string of the molecule is CC(N)c1nc(CC(=O)NCCCNC=O)cs1. The number of nitrogens with one attached hydrogen (secondary N) is 2. The van der Waals surface area contributed by atoms with Gasteiger partial charge >= 0.3 is 0 Å². The molecule has 1 unspecified atom stereocenters. The summed E-state index contributed by atoms with van der Waals surface area (Å²) in [6, 6.07) is -0.0961. The molecule has 0 saturated heterocycles. The molecule has 0 aliphatic carbocycles. The first kappa shape index (κ1) is 14.6. The number of hydrogen-bond donors (Lipinski definition) is 3. The lowest BCUT2D eigenvalue weighted by molar-refractivity contribution is -0.120. The van der Waals surface area contributed by atoms with E-state index in [2.05, 4.69) is 15.6 Å². The second kappa shape index (κ2) is 7.78. The van der Waals surface area contributed by atoms with Crippen molar-refractivity contribution >= 4 is 23.7 Å². The zero-order valence-electron chi connectivity index (χ0n) is 10.3. The first-order valence-electron chi connectivity index (χ1n) is 5.77. The zero-order chi connectivity index (χ0) is 13.4. The molecule has 0 radical (unpaired) electrons. The summed E-state index contributed by atoms with van der Waals surface area (Å²) in [5.74, 6) is -0.0670. The number of nitrogens with two attached hydrogens (primary N) is 1. The predicted molar refractivity (Wildman–Crippen MR) is 70.1 cm³/mol. The maximum atomic E-state index is 11.6. The van der Waals surface area contributed by atoms with Crippen molar-refractivity contribution in [3.05, 3.63) is 16.1 Å². The van der Waals surface area contributed by atoms with Gasteiger partial charge in [-0.15, -0.1) is 11.3 Å². The molecule has 0 aliphatic rings. The minimum atomic E-state index is -0.0961. The monoisotopic (exact) mass is 270 g/mol. The van der Waals surface area contributed by atoms with Gasteiger partial charge in [0.15, 0.2) is 0 Å². The molecule has 1 heterocycles. The van der Waals surface area contributed by atoms with Gasteiger partial charge in [0.05, 0.1) is 18.2 Å². The van der Waals surface area contributed by atoms with Gasteiger partial charge in [-0.2, -0.15) is 0 Å². The lowest BCUT2D eigenvalue weighted by Gasteiger charge is -2.03. The van der Waals surface area contributed by atoms with Crippen LogP contribution in [0.25, 0.3) is 0 Å². The minimum absolute atomic E-state index is 0.0670. The molecule has 2 amide bonds. The molecule has 0 spiro atoms. The average Bonchev–Trinajstić information content (AvgIpc) is 2.77. The molecular weight excluding hydrogens is 252 g/mol. The van der Waals surface area contributed by atoms with Crippen LogP contribution in [-0.2, 0) is 16.0 Å². The number of carbonyl (C=O) groups is 2. The average molecular weight is 270 g/mol. The first-order valence-corrected chi connectivity index (χ1v) is 6.65. The van der Waals surface area contributed by atoms with Gasteiger partial charge in [-0.25, -0.2) is 4.98 Å². The Bertz CT molecular complexity index is 392. The van der Waals surface area contributed by atoms with Crippen LogP contribution in [0.4, 0.5) is 0 Å². The number of hydrogen-bond acceptors (Lipinski definition) is 5. The molecule has 1 atom stereocenters. The van der Waals surface area contributed by atoms with Crippen LogP contribution in [0.15, 0.2) is 5.38 Å². The highest BCUT2D eigenvalue weighted by Crippen LogP contribution is 2.15. The molecule has 100 valence electrons. The van der Waals surface area contributed by atoms with Crippen LogP contribution in [0, 0.1) is 0 Å². The van der Waals surface area contributed by atoms with E-state index in [1.165, 1.54) is 11.3 Å². The lowest BCUT2D eigenvalue weighted by atomic mass is 10.3. The maximum Gasteiger partial charge on any atom is 0.226 e. The quantitative estimate of drug-likeness (QED) is 0.456. The number of amides is 2. The zero-order valence-corrected chi connectivity index (χ0v) is 11.1. The van der Waals surface area contributed by atoms with E-state index in [4.69, 9.17) is 5.73 Å². The highest BCUT2D eigenvalue weighted by Gasteiger charge is 2.09. The fourth-order valence-corrected chi connectivity index (χ4v) is 2.09. The van der Waals surface area contributed by atoms with Crippen LogP contribution in [0.5, 0.6) is 0 Å². The Morgan fingerprint density at radius 2 is 2.39 bits per heavy atom. The second-order valence-corrected chi connectivity index (χ2v) is 4.81. The molecule has 0 saturated carbocycles. The summed E-state index contributed by atoms with van der Waals surface area (Å²) in [4.78, 5) is 25.8. The van der Waals surface area contributed by atoms with Crippen molar-refractivity contribution in [1.29, 1.82) is 0 Å². The van der Waals surface area contributed by atoms with Crippen molar-refractivity contribution in [2.75, 3.05) is 13.1 Å². The number of carbonyl (C=O) groups excluding carboxylic acids is 2. The highest BCUT2D eigenvalue weighted by atomic mass is 32.1. The lowest BCUT2D eigenvalue weighted by Crippen LogP contribution is -2.28. The number of nitrogens with zero attached hydrogens (tertiary/aromatic N) is 1. The van der Waals surface area contributed by atoms with E-state index < -0.39 is 0 Å². The molecule has 0 bridgehead atoms. The Morgan fingerprint density at radius 3 is 3.00 bits per heavy atom. The van der Waals surface area contributed by atoms with Crippen LogP contribution in [0.1, 0.15) is 30.1 Å². The molecule has 18 heavy (non-hydrogen) atoms. The Labute approximate surface area is 110 Å². The summed E-state index contributed by atoms with van der Waals surface area (Å²) >= 11 is 1.47. The van der Waals surface area contributed by atoms with Gasteiger partial charge in [0.2, 0.25) is 12.3 Å². The fraction of sp³-hybridized carbons (Fsp3) is 0.545. The standard InChI is InChI=1S/C11H18N4O2S/c1-8(12)11-15-9(6-18-11)5-10(17)14-4-2-3-13-7-16/h6-8H,2-5,12H2,1H3,(H,13,16)(H,14,17). The third kappa shape index (κ3) is 5.24. The van der Waals surface area contributed by atoms with Crippen LogP contribution in [0.2, 0.25) is 0 Å². The van der Waals surface area contributed by atoms with Gasteiger partial charge in [-0.1, -0.05) is 0 Å². The smallest absolute Gasteiger partial charge is 0.226 e. The molecule has 0 aromatic carbocycles. The van der Waals surface area contributed by atoms with Crippen molar-refractivity contribution in [3.8, 4) is 0 Å². The Balaban J connectivity index is 2.24. The Kier molecular flexibility index (Phi) is 6.31. The van der Waals surface area contributed by atoms with E-state index >= 15 is 0 Å². The molecule has 1 rings (SSSR count). The number of rotatable bonds is 8. The minimum Gasteiger partial charge on any atom is -0.359 e. The summed E-state index contributed by atoms with van der Waals surface area (Å²) in [6.45, 7) is 2.97. The summed E-state index contributed by atoms with van der Waals surface area (Å²) in [5.41, 5.74) is 6.44. The van der Waals surface area contributed by atoms with E-state index in [1.807, 2.05) is 12.3 Å². The normalized spacial score (nSPS) is 11.9. The van der Waals surface area contributed by atoms with E-state index in [0.717, 1.165) is 10.7 Å². The third-order valence-electron chi connectivity index (χ3n) is 2.20. The highest BCUT2D eigenvalue weighted by molar-refractivity contribution is 7.09. The molecule has 0 fully saturated rings. The van der Waals surface area contributed by atoms with Gasteiger partial charge in [-0.3, -0.25) is 9.59 Å². The summed E-state index contributed by atoms with van der Waals surface area (Å²) < 4.78 is 0. The first-order chi connectivity index (χ1) is 8.63. The van der Waals surface area contributed by atoms with Gasteiger partial charge in [0, 0.05) is 18.5 Å². The largest absolute Gasteiger partial charge is 0.359 e. The molecule has 7 heteroatoms. The Hall–Kier alpha value is -1.47. The third-order valence-corrected chi connectivity index (χ3v) is 3.30. The van der Waals surface area contributed by atoms with E-state index in [1.54, 1.807) is 0 Å². The van der Waals surface area contributed by atoms with Crippen molar-refractivity contribution in [1.82, 2.24) is 15.6 Å². The van der Waals surface area contributed by atoms with Crippen molar-refractivity contribution in [2.24, 2.45) is 5.73 Å². The maximum absolute atomic E-state index is 11.6. The van der Waals surface area contributed by atoms with E-state index in [0.29, 0.717) is 25.9 Å². The van der Waals surface area contributed by atoms with Gasteiger partial charge in [0.1, 0.15) is 5.01 Å². The number of aromatic nitrogens is 1. The van der Waals surface area contributed by atoms with Crippen molar-refractivity contribution in [3.63, 3.8) is 0 Å². The summed E-state index contributed by atoms with van der Waals surface area (Å²) in [6.07, 6.45) is 1.63. The molecule has 4 N–H and O–H groups in total. The number of thiazole rings is 1. The van der Waals surface area contributed by atoms with Crippen LogP contribution in [0.3, 0.4) is 0 Å². The Morgan fingerprint density at radius 1 is 1.61 bits per heavy atom. The van der Waals surface area contributed by atoms with Crippen molar-refractivity contribution in [2.45, 2.75) is 25.8 Å². The second-order valence-electron chi connectivity index (χ2n) is 3.92. The molecule has 0 aliphatic heterocycles. The summed E-state index contributed by atoms with van der Waals surface area (Å²) in [7, 11) is 0. The fourth-order valence-electron chi connectivity index (χ4n) is 1.32. The van der Waals surface area contributed by atoms with Crippen LogP contribution < -0.4 is 16.4 Å². The van der Waals surface area contributed by atoms with Gasteiger partial charge in [-0.05, 0) is 13.3 Å². The summed E-state index contributed by atoms with van der Waals surface area (Å²) in [5, 5.41) is 7.99. The molecular formula is C11H18N4O2S. The van der Waals surface area contributed by atoms with Gasteiger partial charge < -0.3 is 16.4 Å². The molecule has 1 aromatic heterocycles. The molecule has 1 aromatic rings. The molecule has 6 nitrogen and oxygen atoms in total. The van der Waals surface area contributed by atoms with Gasteiger partial charge in [0.25, 0.3) is 0 Å². The van der Waals surface area contributed by atoms with Crippen LogP contribution >= 0.6 is 11.3 Å². The van der Waals surface area contributed by atoms with Crippen LogP contribution in [-0.4, -0.2) is 30.4 Å². The van der Waals surface area contributed by atoms with E-state index in [9.17, 15) is 9.59 Å².